The van der Waals surface area contributed by atoms with Crippen molar-refractivity contribution >= 4 is 23.7 Å². The lowest BCUT2D eigenvalue weighted by atomic mass is 10.1. The van der Waals surface area contributed by atoms with Crippen molar-refractivity contribution in [3.63, 3.8) is 0 Å². The van der Waals surface area contributed by atoms with Gasteiger partial charge in [0.15, 0.2) is 0 Å². The third kappa shape index (κ3) is 4.93. The number of urea groups is 1. The maximum Gasteiger partial charge on any atom is 0.317 e. The first kappa shape index (κ1) is 20.6. The molecule has 1 heterocycles. The highest BCUT2D eigenvalue weighted by molar-refractivity contribution is 8.01. The first-order chi connectivity index (χ1) is 12.2. The van der Waals surface area contributed by atoms with Crippen LogP contribution in [0.15, 0.2) is 24.3 Å². The van der Waals surface area contributed by atoms with Gasteiger partial charge in [0.05, 0.1) is 5.25 Å². The average Bonchev–Trinajstić information content (AvgIpc) is 2.82. The molecule has 0 radical (unpaired) electrons. The van der Waals surface area contributed by atoms with Gasteiger partial charge in [-0.05, 0) is 47.1 Å². The highest BCUT2D eigenvalue weighted by Gasteiger charge is 2.38. The van der Waals surface area contributed by atoms with E-state index in [1.54, 1.807) is 16.7 Å². The molecule has 2 rings (SSSR count). The van der Waals surface area contributed by atoms with Gasteiger partial charge in [0.2, 0.25) is 5.91 Å². The Bertz CT molecular complexity index is 648. The van der Waals surface area contributed by atoms with E-state index in [0.29, 0.717) is 13.1 Å². The number of rotatable bonds is 6. The summed E-state index contributed by atoms with van der Waals surface area (Å²) in [6, 6.07) is 8.41. The second-order valence-corrected chi connectivity index (χ2v) is 8.89. The van der Waals surface area contributed by atoms with Crippen molar-refractivity contribution in [3.8, 4) is 0 Å². The molecule has 1 N–H and O–H groups in total. The summed E-state index contributed by atoms with van der Waals surface area (Å²) in [5.74, 6) is 0.148. The molecule has 0 saturated carbocycles. The first-order valence-electron chi connectivity index (χ1n) is 9.30. The molecular weight excluding hydrogens is 346 g/mol. The zero-order valence-corrected chi connectivity index (χ0v) is 17.5. The van der Waals surface area contributed by atoms with E-state index in [2.05, 4.69) is 30.4 Å². The fourth-order valence-corrected chi connectivity index (χ4v) is 4.42. The molecule has 3 amide bonds. The summed E-state index contributed by atoms with van der Waals surface area (Å²) < 4.78 is 0. The van der Waals surface area contributed by atoms with Crippen LogP contribution in [0.1, 0.15) is 51.1 Å². The molecule has 0 spiro atoms. The molecule has 0 bridgehead atoms. The Hall–Kier alpha value is -1.69. The predicted octanol–water partition coefficient (Wildman–Crippen LogP) is 3.79. The van der Waals surface area contributed by atoms with E-state index >= 15 is 0 Å². The Morgan fingerprint density at radius 3 is 2.58 bits per heavy atom. The van der Waals surface area contributed by atoms with E-state index < -0.39 is 0 Å². The van der Waals surface area contributed by atoms with Gasteiger partial charge < -0.3 is 15.1 Å². The van der Waals surface area contributed by atoms with Crippen LogP contribution in [0.4, 0.5) is 4.79 Å². The predicted molar refractivity (Wildman–Crippen MR) is 108 cm³/mol. The third-order valence-electron chi connectivity index (χ3n) is 4.45. The van der Waals surface area contributed by atoms with Gasteiger partial charge in [0, 0.05) is 25.2 Å². The lowest BCUT2D eigenvalue weighted by Crippen LogP contribution is -2.49. The third-order valence-corrected chi connectivity index (χ3v) is 5.85. The number of hydrogen-bond donors (Lipinski definition) is 1. The fourth-order valence-electron chi connectivity index (χ4n) is 3.12. The average molecular weight is 378 g/mol. The van der Waals surface area contributed by atoms with E-state index in [1.165, 1.54) is 5.56 Å². The molecule has 1 aromatic rings. The molecule has 0 unspecified atom stereocenters. The van der Waals surface area contributed by atoms with Crippen molar-refractivity contribution in [2.45, 2.75) is 64.2 Å². The Kier molecular flexibility index (Phi) is 6.98. The zero-order chi connectivity index (χ0) is 19.4. The Morgan fingerprint density at radius 1 is 1.31 bits per heavy atom. The van der Waals surface area contributed by atoms with Crippen LogP contribution in [0.3, 0.4) is 0 Å². The lowest BCUT2D eigenvalue weighted by molar-refractivity contribution is -0.130. The summed E-state index contributed by atoms with van der Waals surface area (Å²) in [4.78, 5) is 28.9. The highest BCUT2D eigenvalue weighted by Crippen LogP contribution is 2.42. The van der Waals surface area contributed by atoms with Crippen LogP contribution in [0, 0.1) is 6.92 Å². The summed E-state index contributed by atoms with van der Waals surface area (Å²) in [5, 5.41) is 2.90. The van der Waals surface area contributed by atoms with Crippen molar-refractivity contribution in [2.24, 2.45) is 0 Å². The van der Waals surface area contributed by atoms with E-state index in [4.69, 9.17) is 0 Å². The Balaban J connectivity index is 2.13. The number of aryl methyl sites for hydroxylation is 1. The second kappa shape index (κ2) is 8.80. The quantitative estimate of drug-likeness (QED) is 0.821. The van der Waals surface area contributed by atoms with Crippen molar-refractivity contribution in [1.29, 1.82) is 0 Å². The number of nitrogens with zero attached hydrogens (tertiary/aromatic N) is 2. The van der Waals surface area contributed by atoms with Gasteiger partial charge in [-0.15, -0.1) is 11.8 Å². The minimum Gasteiger partial charge on any atom is -0.336 e. The van der Waals surface area contributed by atoms with Gasteiger partial charge >= 0.3 is 6.03 Å². The van der Waals surface area contributed by atoms with Gasteiger partial charge in [-0.3, -0.25) is 4.79 Å². The Morgan fingerprint density at radius 2 is 2.00 bits per heavy atom. The number of benzene rings is 1. The molecule has 1 aliphatic heterocycles. The van der Waals surface area contributed by atoms with E-state index in [9.17, 15) is 9.59 Å². The van der Waals surface area contributed by atoms with Gasteiger partial charge in [-0.1, -0.05) is 29.8 Å². The summed E-state index contributed by atoms with van der Waals surface area (Å²) in [7, 11) is 0. The topological polar surface area (TPSA) is 52.7 Å². The maximum atomic E-state index is 12.7. The minimum absolute atomic E-state index is 0.0135. The zero-order valence-electron chi connectivity index (χ0n) is 16.7. The smallest absolute Gasteiger partial charge is 0.317 e. The normalized spacial score (nSPS) is 20.2. The highest BCUT2D eigenvalue weighted by atomic mass is 32.2. The number of carbonyl (C=O) groups is 2. The van der Waals surface area contributed by atoms with Crippen LogP contribution < -0.4 is 5.32 Å². The molecule has 1 fully saturated rings. The van der Waals surface area contributed by atoms with Crippen LogP contribution >= 0.6 is 11.8 Å². The molecule has 6 heteroatoms. The van der Waals surface area contributed by atoms with Crippen molar-refractivity contribution in [3.05, 3.63) is 35.4 Å². The SMILES string of the molecule is Cc1cccc([C@H]2S[C@@H](C)C(=O)N2CCN(C(=O)NC(C)C)C(C)C)c1. The van der Waals surface area contributed by atoms with E-state index in [1.807, 2.05) is 45.6 Å². The first-order valence-corrected chi connectivity index (χ1v) is 10.2. The molecule has 1 aromatic carbocycles. The van der Waals surface area contributed by atoms with Crippen LogP contribution in [0.25, 0.3) is 0 Å². The van der Waals surface area contributed by atoms with E-state index in [-0.39, 0.29) is 34.6 Å². The molecule has 5 nitrogen and oxygen atoms in total. The molecule has 1 aliphatic rings. The van der Waals surface area contributed by atoms with Crippen molar-refractivity contribution in [1.82, 2.24) is 15.1 Å². The number of hydrogen-bond acceptors (Lipinski definition) is 3. The van der Waals surface area contributed by atoms with Gasteiger partial charge in [0.25, 0.3) is 0 Å². The Labute approximate surface area is 161 Å². The van der Waals surface area contributed by atoms with Gasteiger partial charge in [-0.2, -0.15) is 0 Å². The van der Waals surface area contributed by atoms with Crippen molar-refractivity contribution < 1.29 is 9.59 Å². The summed E-state index contributed by atoms with van der Waals surface area (Å²) in [5.41, 5.74) is 2.34. The van der Waals surface area contributed by atoms with E-state index in [0.717, 1.165) is 5.56 Å². The second-order valence-electron chi connectivity index (χ2n) is 7.47. The maximum absolute atomic E-state index is 12.7. The molecule has 0 aromatic heterocycles. The molecule has 144 valence electrons. The van der Waals surface area contributed by atoms with Crippen LogP contribution in [-0.2, 0) is 4.79 Å². The van der Waals surface area contributed by atoms with Gasteiger partial charge in [0.1, 0.15) is 5.37 Å². The van der Waals surface area contributed by atoms with Crippen LogP contribution in [0.2, 0.25) is 0 Å². The monoisotopic (exact) mass is 377 g/mol. The molecule has 1 saturated heterocycles. The summed E-state index contributed by atoms with van der Waals surface area (Å²) >= 11 is 1.68. The summed E-state index contributed by atoms with van der Waals surface area (Å²) in [6.45, 7) is 13.0. The number of amides is 3. The molecule has 0 aliphatic carbocycles. The molecule has 26 heavy (non-hydrogen) atoms. The number of nitrogens with one attached hydrogen (secondary N) is 1. The standard InChI is InChI=1S/C20H31N3O2S/c1-13(2)21-20(25)22(14(3)4)10-11-23-18(24)16(6)26-19(23)17-9-7-8-15(5)12-17/h7-9,12-14,16,19H,10-11H2,1-6H3,(H,21,25)/t16-,19+/m0/s1. The lowest BCUT2D eigenvalue weighted by Gasteiger charge is -2.31. The minimum atomic E-state index is -0.0746. The molecular formula is C20H31N3O2S. The molecule has 2 atom stereocenters. The fraction of sp³-hybridized carbons (Fsp3) is 0.600. The number of carbonyl (C=O) groups excluding carboxylic acids is 2. The van der Waals surface area contributed by atoms with Gasteiger partial charge in [-0.25, -0.2) is 4.79 Å². The van der Waals surface area contributed by atoms with Crippen LogP contribution in [0.5, 0.6) is 0 Å². The number of thioether (sulfide) groups is 1. The largest absolute Gasteiger partial charge is 0.336 e. The van der Waals surface area contributed by atoms with Crippen molar-refractivity contribution in [2.75, 3.05) is 13.1 Å². The summed E-state index contributed by atoms with van der Waals surface area (Å²) in [6.07, 6.45) is 0. The van der Waals surface area contributed by atoms with Crippen LogP contribution in [-0.4, -0.2) is 52.2 Å².